The van der Waals surface area contributed by atoms with Gasteiger partial charge < -0.3 is 4.74 Å². The van der Waals surface area contributed by atoms with Crippen molar-refractivity contribution in [2.24, 2.45) is 0 Å². The minimum Gasteiger partial charge on any atom is -0.437 e. The van der Waals surface area contributed by atoms with Gasteiger partial charge >= 0.3 is 0 Å². The maximum atomic E-state index is 12.4. The van der Waals surface area contributed by atoms with E-state index in [-0.39, 0.29) is 5.91 Å². The lowest BCUT2D eigenvalue weighted by Gasteiger charge is -2.11. The second-order valence-corrected chi connectivity index (χ2v) is 7.75. The number of amides is 1. The van der Waals surface area contributed by atoms with Crippen LogP contribution in [-0.2, 0) is 0 Å². The van der Waals surface area contributed by atoms with Crippen LogP contribution in [0.25, 0.3) is 11.3 Å². The number of hydrogen-bond donors (Lipinski definition) is 1. The first kappa shape index (κ1) is 19.7. The zero-order valence-electron chi connectivity index (χ0n) is 16.8. The first-order valence-electron chi connectivity index (χ1n) is 9.39. The molecule has 6 nitrogen and oxygen atoms in total. The maximum absolute atomic E-state index is 12.4. The number of rotatable bonds is 5. The van der Waals surface area contributed by atoms with Crippen LogP contribution >= 0.6 is 11.3 Å². The van der Waals surface area contributed by atoms with Crippen LogP contribution in [0.15, 0.2) is 60.2 Å². The Morgan fingerprint density at radius 3 is 2.43 bits per heavy atom. The first-order valence-corrected chi connectivity index (χ1v) is 10.3. The molecular weight excluding hydrogens is 396 g/mol. The third-order valence-electron chi connectivity index (χ3n) is 4.48. The summed E-state index contributed by atoms with van der Waals surface area (Å²) in [5, 5.41) is 5.38. The summed E-state index contributed by atoms with van der Waals surface area (Å²) in [6.07, 6.45) is 3.27. The lowest BCUT2D eigenvalue weighted by atomic mass is 10.0. The molecule has 2 aromatic carbocycles. The smallest absolute Gasteiger partial charge is 0.257 e. The van der Waals surface area contributed by atoms with Gasteiger partial charge in [-0.3, -0.25) is 15.1 Å². The number of aryl methyl sites for hydroxylation is 3. The number of carbonyl (C=O) groups excluding carboxylic acids is 1. The lowest BCUT2D eigenvalue weighted by Crippen LogP contribution is -2.11. The van der Waals surface area contributed by atoms with Crippen LogP contribution in [0.4, 0.5) is 5.13 Å². The molecule has 7 heteroatoms. The molecule has 0 bridgehead atoms. The van der Waals surface area contributed by atoms with Gasteiger partial charge in [0, 0.05) is 22.7 Å². The van der Waals surface area contributed by atoms with Gasteiger partial charge in [0.2, 0.25) is 5.88 Å². The monoisotopic (exact) mass is 416 g/mol. The fourth-order valence-corrected chi connectivity index (χ4v) is 3.90. The number of hydrogen-bond acceptors (Lipinski definition) is 6. The summed E-state index contributed by atoms with van der Waals surface area (Å²) in [6.45, 7) is 5.90. The predicted molar refractivity (Wildman–Crippen MR) is 118 cm³/mol. The van der Waals surface area contributed by atoms with Gasteiger partial charge in [-0.15, -0.1) is 11.3 Å². The summed E-state index contributed by atoms with van der Waals surface area (Å²) < 4.78 is 5.87. The molecule has 0 unspecified atom stereocenters. The Bertz CT molecular complexity index is 1180. The highest BCUT2D eigenvalue weighted by atomic mass is 32.1. The summed E-state index contributed by atoms with van der Waals surface area (Å²) in [7, 11) is 0. The number of carbonyl (C=O) groups is 1. The van der Waals surface area contributed by atoms with Crippen molar-refractivity contribution in [3.8, 4) is 22.9 Å². The van der Waals surface area contributed by atoms with E-state index < -0.39 is 0 Å². The molecule has 0 spiro atoms. The van der Waals surface area contributed by atoms with Crippen molar-refractivity contribution >= 4 is 22.4 Å². The van der Waals surface area contributed by atoms with Crippen LogP contribution in [-0.4, -0.2) is 20.9 Å². The molecule has 0 radical (unpaired) electrons. The van der Waals surface area contributed by atoms with E-state index in [0.717, 1.165) is 28.1 Å². The van der Waals surface area contributed by atoms with Gasteiger partial charge in [0.15, 0.2) is 5.13 Å². The summed E-state index contributed by atoms with van der Waals surface area (Å²) >= 11 is 1.40. The molecule has 0 aliphatic heterocycles. The van der Waals surface area contributed by atoms with Gasteiger partial charge in [-0.05, 0) is 56.2 Å². The molecule has 1 N–H and O–H groups in total. The standard InChI is InChI=1S/C23H20N4O2S/c1-14-9-18(29-20-12-24-11-16(3)25-20)10-15(2)21(14)19-13-30-23(26-19)27-22(28)17-7-5-4-6-8-17/h4-13H,1-3H3,(H,26,27,28). The van der Waals surface area contributed by atoms with Crippen LogP contribution in [0, 0.1) is 20.8 Å². The van der Waals surface area contributed by atoms with Gasteiger partial charge in [0.25, 0.3) is 5.91 Å². The van der Waals surface area contributed by atoms with Crippen LogP contribution in [0.5, 0.6) is 11.6 Å². The van der Waals surface area contributed by atoms with Crippen molar-refractivity contribution < 1.29 is 9.53 Å². The molecule has 2 aromatic heterocycles. The number of aromatic nitrogens is 3. The van der Waals surface area contributed by atoms with Crippen molar-refractivity contribution in [1.82, 2.24) is 15.0 Å². The number of thiazole rings is 1. The van der Waals surface area contributed by atoms with Crippen molar-refractivity contribution in [2.45, 2.75) is 20.8 Å². The summed E-state index contributed by atoms with van der Waals surface area (Å²) in [6, 6.07) is 13.0. The zero-order valence-corrected chi connectivity index (χ0v) is 17.7. The van der Waals surface area contributed by atoms with Crippen LogP contribution in [0.3, 0.4) is 0 Å². The molecule has 0 aliphatic carbocycles. The van der Waals surface area contributed by atoms with E-state index >= 15 is 0 Å². The molecule has 0 fully saturated rings. The largest absolute Gasteiger partial charge is 0.437 e. The number of nitrogens with zero attached hydrogens (tertiary/aromatic N) is 3. The van der Waals surface area contributed by atoms with E-state index in [0.29, 0.717) is 22.3 Å². The Kier molecular flexibility index (Phi) is 5.54. The van der Waals surface area contributed by atoms with Crippen molar-refractivity contribution in [3.05, 3.63) is 82.6 Å². The average Bonchev–Trinajstić information content (AvgIpc) is 3.16. The lowest BCUT2D eigenvalue weighted by molar-refractivity contribution is 0.102. The number of benzene rings is 2. The highest BCUT2D eigenvalue weighted by Gasteiger charge is 2.14. The first-order chi connectivity index (χ1) is 14.5. The Morgan fingerprint density at radius 2 is 1.73 bits per heavy atom. The topological polar surface area (TPSA) is 77.0 Å². The molecule has 1 amide bonds. The molecule has 4 rings (SSSR count). The normalized spacial score (nSPS) is 10.6. The Labute approximate surface area is 178 Å². The van der Waals surface area contributed by atoms with E-state index in [1.807, 2.05) is 56.5 Å². The van der Waals surface area contributed by atoms with Crippen LogP contribution in [0.1, 0.15) is 27.2 Å². The van der Waals surface area contributed by atoms with Crippen molar-refractivity contribution in [2.75, 3.05) is 5.32 Å². The second kappa shape index (κ2) is 8.42. The van der Waals surface area contributed by atoms with E-state index in [9.17, 15) is 4.79 Å². The fourth-order valence-electron chi connectivity index (χ4n) is 3.20. The van der Waals surface area contributed by atoms with E-state index in [4.69, 9.17) is 4.74 Å². The Balaban J connectivity index is 1.55. The second-order valence-electron chi connectivity index (χ2n) is 6.89. The number of ether oxygens (including phenoxy) is 1. The van der Waals surface area contributed by atoms with Gasteiger partial charge in [-0.1, -0.05) is 18.2 Å². The highest BCUT2D eigenvalue weighted by Crippen LogP contribution is 2.34. The zero-order chi connectivity index (χ0) is 21.1. The summed E-state index contributed by atoms with van der Waals surface area (Å²) in [5.74, 6) is 0.982. The number of anilines is 1. The molecule has 0 atom stereocenters. The fraction of sp³-hybridized carbons (Fsp3) is 0.130. The third kappa shape index (κ3) is 4.36. The van der Waals surface area contributed by atoms with E-state index in [1.165, 1.54) is 11.3 Å². The molecule has 0 aliphatic rings. The Hall–Kier alpha value is -3.58. The van der Waals surface area contributed by atoms with E-state index in [1.54, 1.807) is 24.5 Å². The summed E-state index contributed by atoms with van der Waals surface area (Å²) in [4.78, 5) is 25.4. The minimum atomic E-state index is -0.173. The third-order valence-corrected chi connectivity index (χ3v) is 5.24. The molecular formula is C23H20N4O2S. The average molecular weight is 417 g/mol. The van der Waals surface area contributed by atoms with Gasteiger partial charge in [-0.2, -0.15) is 0 Å². The molecule has 4 aromatic rings. The minimum absolute atomic E-state index is 0.173. The quantitative estimate of drug-likeness (QED) is 0.460. The van der Waals surface area contributed by atoms with Gasteiger partial charge in [0.05, 0.1) is 17.6 Å². The van der Waals surface area contributed by atoms with Crippen molar-refractivity contribution in [3.63, 3.8) is 0 Å². The molecule has 2 heterocycles. The molecule has 150 valence electrons. The predicted octanol–water partition coefficient (Wildman–Crippen LogP) is 5.57. The van der Waals surface area contributed by atoms with E-state index in [2.05, 4.69) is 20.3 Å². The molecule has 0 saturated heterocycles. The van der Waals surface area contributed by atoms with Crippen LogP contribution in [0.2, 0.25) is 0 Å². The summed E-state index contributed by atoms with van der Waals surface area (Å²) in [5.41, 5.74) is 5.29. The Morgan fingerprint density at radius 1 is 1.00 bits per heavy atom. The number of nitrogens with one attached hydrogen (secondary N) is 1. The molecule has 30 heavy (non-hydrogen) atoms. The van der Waals surface area contributed by atoms with Crippen LogP contribution < -0.4 is 10.1 Å². The van der Waals surface area contributed by atoms with Gasteiger partial charge in [-0.25, -0.2) is 9.97 Å². The van der Waals surface area contributed by atoms with Gasteiger partial charge in [0.1, 0.15) is 5.75 Å². The SMILES string of the molecule is Cc1cncc(Oc2cc(C)c(-c3csc(NC(=O)c4ccccc4)n3)c(C)c2)n1. The maximum Gasteiger partial charge on any atom is 0.257 e. The molecule has 0 saturated carbocycles. The van der Waals surface area contributed by atoms with Crippen molar-refractivity contribution in [1.29, 1.82) is 0 Å². The highest BCUT2D eigenvalue weighted by molar-refractivity contribution is 7.14.